The summed E-state index contributed by atoms with van der Waals surface area (Å²) in [7, 11) is 0. The van der Waals surface area contributed by atoms with Gasteiger partial charge in [0.2, 0.25) is 0 Å². The first-order chi connectivity index (χ1) is 16.8. The summed E-state index contributed by atoms with van der Waals surface area (Å²) in [6.45, 7) is 10.8. The van der Waals surface area contributed by atoms with E-state index in [2.05, 4.69) is 79.7 Å². The van der Waals surface area contributed by atoms with E-state index in [1.807, 2.05) is 36.5 Å². The van der Waals surface area contributed by atoms with Gasteiger partial charge in [0.15, 0.2) is 5.11 Å². The Hall–Kier alpha value is -3.15. The second-order valence-corrected chi connectivity index (χ2v) is 10.2. The predicted molar refractivity (Wildman–Crippen MR) is 149 cm³/mol. The third-order valence-electron chi connectivity index (χ3n) is 6.95. The Morgan fingerprint density at radius 2 is 1.60 bits per heavy atom. The van der Waals surface area contributed by atoms with Gasteiger partial charge < -0.3 is 14.8 Å². The first kappa shape index (κ1) is 23.6. The molecule has 0 bridgehead atoms. The minimum atomic E-state index is -0.0865. The van der Waals surface area contributed by atoms with Crippen LogP contribution in [-0.4, -0.2) is 14.7 Å². The van der Waals surface area contributed by atoms with Gasteiger partial charge in [0.1, 0.15) is 0 Å². The van der Waals surface area contributed by atoms with Gasteiger partial charge in [-0.15, -0.1) is 0 Å². The van der Waals surface area contributed by atoms with E-state index in [0.29, 0.717) is 5.11 Å². The van der Waals surface area contributed by atoms with Crippen LogP contribution in [0.4, 0.5) is 5.69 Å². The van der Waals surface area contributed by atoms with Crippen molar-refractivity contribution >= 4 is 34.6 Å². The Bertz CT molecular complexity index is 1410. The highest BCUT2D eigenvalue weighted by molar-refractivity contribution is 7.80. The summed E-state index contributed by atoms with van der Waals surface area (Å²) in [6.07, 6.45) is 1.85. The number of nitrogens with zero attached hydrogens (tertiary/aromatic N) is 3. The highest BCUT2D eigenvalue weighted by atomic mass is 35.5. The van der Waals surface area contributed by atoms with Crippen molar-refractivity contribution in [2.45, 2.75) is 46.7 Å². The van der Waals surface area contributed by atoms with E-state index >= 15 is 0 Å². The van der Waals surface area contributed by atoms with E-state index in [1.165, 1.54) is 33.6 Å². The van der Waals surface area contributed by atoms with E-state index in [1.54, 1.807) is 0 Å². The second-order valence-electron chi connectivity index (χ2n) is 9.37. The summed E-state index contributed by atoms with van der Waals surface area (Å²) in [5.41, 5.74) is 10.4. The maximum atomic E-state index is 6.37. The lowest BCUT2D eigenvalue weighted by Gasteiger charge is -2.29. The molecule has 0 spiro atoms. The van der Waals surface area contributed by atoms with Crippen LogP contribution in [0.3, 0.4) is 0 Å². The third-order valence-corrected chi connectivity index (χ3v) is 7.50. The van der Waals surface area contributed by atoms with Crippen LogP contribution >= 0.6 is 23.8 Å². The summed E-state index contributed by atoms with van der Waals surface area (Å²) in [6, 6.07) is 20.5. The van der Waals surface area contributed by atoms with Gasteiger partial charge >= 0.3 is 0 Å². The molecule has 0 saturated carbocycles. The van der Waals surface area contributed by atoms with Gasteiger partial charge in [-0.1, -0.05) is 29.8 Å². The van der Waals surface area contributed by atoms with Crippen molar-refractivity contribution in [2.24, 2.45) is 0 Å². The molecule has 178 valence electrons. The van der Waals surface area contributed by atoms with Gasteiger partial charge in [-0.25, -0.2) is 0 Å². The normalized spacial score (nSPS) is 17.7. The Labute approximate surface area is 217 Å². The lowest BCUT2D eigenvalue weighted by Crippen LogP contribution is -2.30. The topological polar surface area (TPSA) is 33.1 Å². The molecule has 2 aromatic carbocycles. The van der Waals surface area contributed by atoms with Crippen LogP contribution in [0.2, 0.25) is 5.02 Å². The number of rotatable bonds is 4. The standard InChI is InChI=1S/C29H29ClN4S/c1-17-13-18(2)15-24(14-17)34-28(27(32-29(34)35)25-11-6-7-12-31-25)26-19(3)20(4)33(21(26)5)23-10-8-9-22(30)16-23/h6-16,27-28H,1-5H3,(H,32,35)/t27-,28+/m1/s1. The molecule has 1 N–H and O–H groups in total. The Kier molecular flexibility index (Phi) is 6.16. The van der Waals surface area contributed by atoms with Crippen LogP contribution in [0.1, 0.15) is 51.4 Å². The number of nitrogens with one attached hydrogen (secondary N) is 1. The van der Waals surface area contributed by atoms with Gasteiger partial charge in [-0.05, 0) is 106 Å². The molecule has 1 aliphatic rings. The number of hydrogen-bond acceptors (Lipinski definition) is 2. The predicted octanol–water partition coefficient (Wildman–Crippen LogP) is 7.24. The summed E-state index contributed by atoms with van der Waals surface area (Å²) < 4.78 is 2.30. The molecule has 35 heavy (non-hydrogen) atoms. The van der Waals surface area contributed by atoms with Crippen molar-refractivity contribution in [1.82, 2.24) is 14.9 Å². The molecule has 6 heteroatoms. The third kappa shape index (κ3) is 4.13. The summed E-state index contributed by atoms with van der Waals surface area (Å²) >= 11 is 12.3. The Balaban J connectivity index is 1.75. The summed E-state index contributed by atoms with van der Waals surface area (Å²) in [5.74, 6) is 0. The number of halogens is 1. The van der Waals surface area contributed by atoms with Crippen LogP contribution in [0, 0.1) is 34.6 Å². The average molecular weight is 501 g/mol. The molecular formula is C29H29ClN4S. The summed E-state index contributed by atoms with van der Waals surface area (Å²) in [4.78, 5) is 6.99. The maximum Gasteiger partial charge on any atom is 0.174 e. The fourth-order valence-corrected chi connectivity index (χ4v) is 5.99. The minimum absolute atomic E-state index is 0.0577. The number of pyridine rings is 1. The van der Waals surface area contributed by atoms with Crippen molar-refractivity contribution in [3.05, 3.63) is 111 Å². The maximum absolute atomic E-state index is 6.37. The Morgan fingerprint density at radius 3 is 2.26 bits per heavy atom. The molecule has 0 amide bonds. The van der Waals surface area contributed by atoms with E-state index in [4.69, 9.17) is 28.8 Å². The molecule has 2 atom stereocenters. The van der Waals surface area contributed by atoms with Gasteiger partial charge in [-0.2, -0.15) is 0 Å². The zero-order valence-corrected chi connectivity index (χ0v) is 22.2. The summed E-state index contributed by atoms with van der Waals surface area (Å²) in [5, 5.41) is 5.04. The fourth-order valence-electron chi connectivity index (χ4n) is 5.46. The van der Waals surface area contributed by atoms with Crippen molar-refractivity contribution in [1.29, 1.82) is 0 Å². The van der Waals surface area contributed by atoms with E-state index in [9.17, 15) is 0 Å². The molecule has 1 fully saturated rings. The number of aryl methyl sites for hydroxylation is 2. The van der Waals surface area contributed by atoms with Crippen molar-refractivity contribution in [2.75, 3.05) is 4.90 Å². The van der Waals surface area contributed by atoms with E-state index in [0.717, 1.165) is 22.1 Å². The molecule has 2 aromatic heterocycles. The lowest BCUT2D eigenvalue weighted by molar-refractivity contribution is 0.563. The SMILES string of the molecule is Cc1cc(C)cc(N2C(=S)N[C@H](c3ccccn3)[C@@H]2c2c(C)c(C)n(-c3cccc(Cl)c3)c2C)c1. The van der Waals surface area contributed by atoms with Crippen molar-refractivity contribution < 1.29 is 0 Å². The number of benzene rings is 2. The first-order valence-corrected chi connectivity index (χ1v) is 12.6. The largest absolute Gasteiger partial charge is 0.351 e. The van der Waals surface area contributed by atoms with Crippen LogP contribution in [-0.2, 0) is 0 Å². The van der Waals surface area contributed by atoms with E-state index in [-0.39, 0.29) is 12.1 Å². The monoisotopic (exact) mass is 500 g/mol. The molecule has 5 rings (SSSR count). The van der Waals surface area contributed by atoms with Gasteiger partial charge in [0.05, 0.1) is 17.8 Å². The zero-order chi connectivity index (χ0) is 24.9. The molecule has 4 nitrogen and oxygen atoms in total. The van der Waals surface area contributed by atoms with Gasteiger partial charge in [0.25, 0.3) is 0 Å². The van der Waals surface area contributed by atoms with Crippen molar-refractivity contribution in [3.8, 4) is 5.69 Å². The zero-order valence-electron chi connectivity index (χ0n) is 20.6. The molecular weight excluding hydrogens is 472 g/mol. The van der Waals surface area contributed by atoms with Gasteiger partial charge in [-0.3, -0.25) is 4.98 Å². The lowest BCUT2D eigenvalue weighted by atomic mass is 9.93. The smallest absolute Gasteiger partial charge is 0.174 e. The van der Waals surface area contributed by atoms with Crippen LogP contribution < -0.4 is 10.2 Å². The molecule has 1 saturated heterocycles. The molecule has 0 aliphatic carbocycles. The first-order valence-electron chi connectivity index (χ1n) is 11.8. The van der Waals surface area contributed by atoms with Crippen molar-refractivity contribution in [3.63, 3.8) is 0 Å². The highest BCUT2D eigenvalue weighted by Crippen LogP contribution is 2.45. The second kappa shape index (κ2) is 9.14. The van der Waals surface area contributed by atoms with Crippen LogP contribution in [0.5, 0.6) is 0 Å². The Morgan fingerprint density at radius 1 is 0.857 bits per heavy atom. The minimum Gasteiger partial charge on any atom is -0.351 e. The van der Waals surface area contributed by atoms with Gasteiger partial charge in [0, 0.05) is 39.5 Å². The molecule has 0 unspecified atom stereocenters. The quantitative estimate of drug-likeness (QED) is 0.299. The van der Waals surface area contributed by atoms with Crippen LogP contribution in [0.15, 0.2) is 66.9 Å². The average Bonchev–Trinajstić information content (AvgIpc) is 3.26. The molecule has 4 aromatic rings. The number of thiocarbonyl (C=S) groups is 1. The number of aromatic nitrogens is 2. The van der Waals surface area contributed by atoms with E-state index < -0.39 is 0 Å². The number of anilines is 1. The van der Waals surface area contributed by atoms with Crippen LogP contribution in [0.25, 0.3) is 5.69 Å². The number of hydrogen-bond donors (Lipinski definition) is 1. The fraction of sp³-hybridized carbons (Fsp3) is 0.241. The highest BCUT2D eigenvalue weighted by Gasteiger charge is 2.43. The molecule has 0 radical (unpaired) electrons. The molecule has 3 heterocycles. The molecule has 1 aliphatic heterocycles.